The number of rotatable bonds is 5. The highest BCUT2D eigenvalue weighted by molar-refractivity contribution is 7.85. The molecule has 3 rings (SSSR count). The monoisotopic (exact) mass is 321 g/mol. The first-order valence-electron chi connectivity index (χ1n) is 7.29. The van der Waals surface area contributed by atoms with Crippen LogP contribution in [0.3, 0.4) is 0 Å². The van der Waals surface area contributed by atoms with E-state index in [4.69, 9.17) is 4.52 Å². The smallest absolute Gasteiger partial charge is 0.244 e. The van der Waals surface area contributed by atoms with Crippen molar-refractivity contribution in [3.8, 4) is 0 Å². The van der Waals surface area contributed by atoms with Crippen LogP contribution in [0.2, 0.25) is 0 Å². The zero-order chi connectivity index (χ0) is 15.5. The molecule has 1 aliphatic rings. The van der Waals surface area contributed by atoms with Crippen LogP contribution < -0.4 is 0 Å². The summed E-state index contributed by atoms with van der Waals surface area (Å²) in [5.41, 5.74) is 0. The minimum absolute atomic E-state index is 0.0935. The number of nitrogens with zero attached hydrogens (tertiary/aromatic N) is 3. The zero-order valence-electron chi connectivity index (χ0n) is 12.4. The Bertz CT molecular complexity index is 646. The summed E-state index contributed by atoms with van der Waals surface area (Å²) in [6, 6.07) is 9.32. The predicted molar refractivity (Wildman–Crippen MR) is 81.7 cm³/mol. The second kappa shape index (κ2) is 6.68. The Morgan fingerprint density at radius 3 is 2.86 bits per heavy atom. The van der Waals surface area contributed by atoms with E-state index in [2.05, 4.69) is 15.0 Å². The molecule has 118 valence electrons. The molecule has 7 heteroatoms. The molecule has 22 heavy (non-hydrogen) atoms. The van der Waals surface area contributed by atoms with Gasteiger partial charge in [0.25, 0.3) is 0 Å². The summed E-state index contributed by atoms with van der Waals surface area (Å²) in [4.78, 5) is 7.15. The van der Waals surface area contributed by atoms with Gasteiger partial charge in [0.2, 0.25) is 5.89 Å². The molecule has 1 saturated heterocycles. The Kier molecular flexibility index (Phi) is 4.66. The van der Waals surface area contributed by atoms with E-state index in [1.165, 1.54) is 0 Å². The number of likely N-dealkylation sites (tertiary alicyclic amines) is 1. The lowest BCUT2D eigenvalue weighted by atomic mass is 10.2. The van der Waals surface area contributed by atoms with Crippen LogP contribution in [-0.4, -0.2) is 49.3 Å². The van der Waals surface area contributed by atoms with E-state index < -0.39 is 16.9 Å². The molecule has 0 amide bonds. The average Bonchev–Trinajstić information content (AvgIpc) is 3.11. The molecular formula is C15H19N3O3S. The molecule has 1 N–H and O–H groups in total. The summed E-state index contributed by atoms with van der Waals surface area (Å²) in [5, 5.41) is 13.7. The number of β-amino-alcohol motifs (C(OH)–C–C–N with tert-alkyl or cyclic N) is 1. The Morgan fingerprint density at radius 1 is 1.41 bits per heavy atom. The lowest BCUT2D eigenvalue weighted by Crippen LogP contribution is -2.29. The molecule has 1 aromatic carbocycles. The van der Waals surface area contributed by atoms with Crippen LogP contribution in [-0.2, 0) is 10.8 Å². The van der Waals surface area contributed by atoms with Gasteiger partial charge >= 0.3 is 0 Å². The first-order valence-corrected chi connectivity index (χ1v) is 8.61. The van der Waals surface area contributed by atoms with Gasteiger partial charge in [0.05, 0.1) is 22.9 Å². The summed E-state index contributed by atoms with van der Waals surface area (Å²) in [6.07, 6.45) is 0.155. The van der Waals surface area contributed by atoms with Crippen molar-refractivity contribution in [3.05, 3.63) is 42.0 Å². The third-order valence-corrected chi connectivity index (χ3v) is 5.13. The van der Waals surface area contributed by atoms with Crippen molar-refractivity contribution in [2.75, 3.05) is 18.8 Å². The van der Waals surface area contributed by atoms with E-state index in [1.54, 1.807) is 6.92 Å². The van der Waals surface area contributed by atoms with Crippen LogP contribution in [0.1, 0.15) is 24.2 Å². The highest BCUT2D eigenvalue weighted by Gasteiger charge is 2.35. The number of aliphatic hydroxyl groups excluding tert-OH is 1. The predicted octanol–water partition coefficient (Wildman–Crippen LogP) is 1.29. The number of benzene rings is 1. The molecule has 0 aliphatic carbocycles. The van der Waals surface area contributed by atoms with Crippen LogP contribution in [0.4, 0.5) is 0 Å². The first kappa shape index (κ1) is 15.3. The van der Waals surface area contributed by atoms with E-state index in [1.807, 2.05) is 30.3 Å². The molecule has 0 spiro atoms. The second-order valence-corrected chi connectivity index (χ2v) is 7.01. The third kappa shape index (κ3) is 3.43. The number of hydrogen-bond acceptors (Lipinski definition) is 6. The molecule has 6 nitrogen and oxygen atoms in total. The minimum atomic E-state index is -1.05. The average molecular weight is 321 g/mol. The molecule has 1 fully saturated rings. The Labute approximate surface area is 131 Å². The fourth-order valence-electron chi connectivity index (χ4n) is 2.72. The molecule has 0 bridgehead atoms. The van der Waals surface area contributed by atoms with Crippen molar-refractivity contribution in [2.24, 2.45) is 0 Å². The van der Waals surface area contributed by atoms with Crippen LogP contribution in [0.15, 0.2) is 39.8 Å². The Balaban J connectivity index is 1.64. The van der Waals surface area contributed by atoms with E-state index >= 15 is 0 Å². The standard InChI is InChI=1S/C15H19N3O3S/c1-11-16-15(21-17-11)14-9-12(19)10-18(14)7-8-22(20)13-5-3-2-4-6-13/h2-6,12,14,19H,7-10H2,1H3/t12-,14+,22-/m0/s1. The molecule has 2 heterocycles. The van der Waals surface area contributed by atoms with Gasteiger partial charge in [0.15, 0.2) is 5.82 Å². The maximum absolute atomic E-state index is 12.3. The Morgan fingerprint density at radius 2 is 2.18 bits per heavy atom. The lowest BCUT2D eigenvalue weighted by molar-refractivity contribution is 0.176. The van der Waals surface area contributed by atoms with Gasteiger partial charge in [-0.3, -0.25) is 9.11 Å². The molecule has 0 radical (unpaired) electrons. The fraction of sp³-hybridized carbons (Fsp3) is 0.467. The molecule has 0 unspecified atom stereocenters. The number of hydrogen-bond donors (Lipinski definition) is 1. The van der Waals surface area contributed by atoms with Crippen molar-refractivity contribution in [1.82, 2.24) is 15.0 Å². The first-order chi connectivity index (χ1) is 10.6. The van der Waals surface area contributed by atoms with Crippen LogP contribution in [0, 0.1) is 6.92 Å². The van der Waals surface area contributed by atoms with Crippen molar-refractivity contribution in [2.45, 2.75) is 30.4 Å². The Hall–Kier alpha value is -1.57. The van der Waals surface area contributed by atoms with Gasteiger partial charge in [0.1, 0.15) is 0 Å². The molecule has 3 atom stereocenters. The van der Waals surface area contributed by atoms with Crippen molar-refractivity contribution in [1.29, 1.82) is 0 Å². The van der Waals surface area contributed by atoms with E-state index in [0.717, 1.165) is 4.90 Å². The summed E-state index contributed by atoms with van der Waals surface area (Å²) in [6.45, 7) is 2.93. The van der Waals surface area contributed by atoms with Crippen LogP contribution in [0.25, 0.3) is 0 Å². The van der Waals surface area contributed by atoms with Crippen LogP contribution in [0.5, 0.6) is 0 Å². The van der Waals surface area contributed by atoms with E-state index in [-0.39, 0.29) is 6.04 Å². The van der Waals surface area contributed by atoms with Crippen molar-refractivity contribution >= 4 is 10.8 Å². The van der Waals surface area contributed by atoms with Gasteiger partial charge in [0, 0.05) is 23.7 Å². The topological polar surface area (TPSA) is 79.5 Å². The van der Waals surface area contributed by atoms with Crippen LogP contribution >= 0.6 is 0 Å². The van der Waals surface area contributed by atoms with Gasteiger partial charge in [-0.1, -0.05) is 23.4 Å². The highest BCUT2D eigenvalue weighted by atomic mass is 32.2. The fourth-order valence-corrected chi connectivity index (χ4v) is 3.82. The highest BCUT2D eigenvalue weighted by Crippen LogP contribution is 2.30. The van der Waals surface area contributed by atoms with Crippen molar-refractivity contribution in [3.63, 3.8) is 0 Å². The van der Waals surface area contributed by atoms with Gasteiger partial charge in [-0.25, -0.2) is 0 Å². The van der Waals surface area contributed by atoms with Gasteiger partial charge in [-0.05, 0) is 25.5 Å². The second-order valence-electron chi connectivity index (χ2n) is 5.44. The molecular weight excluding hydrogens is 302 g/mol. The zero-order valence-corrected chi connectivity index (χ0v) is 13.2. The molecule has 1 aliphatic heterocycles. The summed E-state index contributed by atoms with van der Waals surface area (Å²) < 4.78 is 17.5. The summed E-state index contributed by atoms with van der Waals surface area (Å²) in [7, 11) is -1.05. The molecule has 0 saturated carbocycles. The SMILES string of the molecule is Cc1noc([C@H]2C[C@H](O)CN2CC[S@](=O)c2ccccc2)n1. The summed E-state index contributed by atoms with van der Waals surface area (Å²) in [5.74, 6) is 1.63. The number of aromatic nitrogens is 2. The largest absolute Gasteiger partial charge is 0.392 e. The maximum Gasteiger partial charge on any atom is 0.244 e. The van der Waals surface area contributed by atoms with Gasteiger partial charge in [-0.2, -0.15) is 4.98 Å². The van der Waals surface area contributed by atoms with Gasteiger partial charge < -0.3 is 9.63 Å². The number of aliphatic hydroxyl groups is 1. The quantitative estimate of drug-likeness (QED) is 0.894. The third-order valence-electron chi connectivity index (χ3n) is 3.78. The van der Waals surface area contributed by atoms with E-state index in [0.29, 0.717) is 37.0 Å². The normalized spacial score (nSPS) is 23.7. The van der Waals surface area contributed by atoms with E-state index in [9.17, 15) is 9.32 Å². The van der Waals surface area contributed by atoms with Crippen molar-refractivity contribution < 1.29 is 13.8 Å². The maximum atomic E-state index is 12.3. The minimum Gasteiger partial charge on any atom is -0.392 e. The summed E-state index contributed by atoms with van der Waals surface area (Å²) >= 11 is 0. The number of aryl methyl sites for hydroxylation is 1. The molecule has 2 aromatic rings. The lowest BCUT2D eigenvalue weighted by Gasteiger charge is -2.20. The van der Waals surface area contributed by atoms with Gasteiger partial charge in [-0.15, -0.1) is 0 Å². The molecule has 1 aromatic heterocycles.